The van der Waals surface area contributed by atoms with E-state index in [9.17, 15) is 0 Å². The monoisotopic (exact) mass is 236 g/mol. The third kappa shape index (κ3) is 2.26. The number of hydrogen-bond acceptors (Lipinski definition) is 2. The molecular formula is C15H28N2. The van der Waals surface area contributed by atoms with E-state index >= 15 is 0 Å². The summed E-state index contributed by atoms with van der Waals surface area (Å²) in [5, 5.41) is 0. The highest BCUT2D eigenvalue weighted by Crippen LogP contribution is 2.43. The first-order chi connectivity index (χ1) is 8.05. The second kappa shape index (κ2) is 4.24. The molecule has 3 fully saturated rings. The zero-order valence-electron chi connectivity index (χ0n) is 11.5. The number of hydrogen-bond donors (Lipinski definition) is 1. The summed E-state index contributed by atoms with van der Waals surface area (Å²) in [6, 6.07) is 1.36. The fourth-order valence-corrected chi connectivity index (χ4v) is 4.56. The Morgan fingerprint density at radius 3 is 2.59 bits per heavy atom. The Bertz CT molecular complexity index is 287. The Balaban J connectivity index is 1.64. The predicted octanol–water partition coefficient (Wildman–Crippen LogP) is 2.62. The molecule has 1 saturated heterocycles. The van der Waals surface area contributed by atoms with Crippen LogP contribution in [0.15, 0.2) is 0 Å². The maximum Gasteiger partial charge on any atom is 0.0101 e. The molecule has 0 spiro atoms. The molecule has 4 atom stereocenters. The third-order valence-electron chi connectivity index (χ3n) is 5.64. The number of rotatable bonds is 1. The van der Waals surface area contributed by atoms with E-state index < -0.39 is 0 Å². The van der Waals surface area contributed by atoms with Gasteiger partial charge in [-0.25, -0.2) is 0 Å². The van der Waals surface area contributed by atoms with Gasteiger partial charge in [0.05, 0.1) is 0 Å². The molecule has 2 saturated carbocycles. The van der Waals surface area contributed by atoms with E-state index in [1.807, 2.05) is 0 Å². The summed E-state index contributed by atoms with van der Waals surface area (Å²) in [6.07, 6.45) is 8.31. The quantitative estimate of drug-likeness (QED) is 0.758. The van der Waals surface area contributed by atoms with Gasteiger partial charge >= 0.3 is 0 Å². The minimum Gasteiger partial charge on any atom is -0.327 e. The van der Waals surface area contributed by atoms with Crippen LogP contribution in [0.3, 0.4) is 0 Å². The van der Waals surface area contributed by atoms with Crippen LogP contribution in [0.5, 0.6) is 0 Å². The number of nitrogens with zero attached hydrogens (tertiary/aromatic N) is 1. The van der Waals surface area contributed by atoms with Crippen molar-refractivity contribution < 1.29 is 0 Å². The van der Waals surface area contributed by atoms with E-state index in [2.05, 4.69) is 18.7 Å². The average molecular weight is 236 g/mol. The van der Waals surface area contributed by atoms with E-state index in [1.54, 1.807) is 0 Å². The molecule has 17 heavy (non-hydrogen) atoms. The minimum atomic E-state index is 0.494. The molecule has 2 N–H and O–H groups in total. The summed E-state index contributed by atoms with van der Waals surface area (Å²) in [4.78, 5) is 2.79. The van der Waals surface area contributed by atoms with Crippen LogP contribution < -0.4 is 5.73 Å². The highest BCUT2D eigenvalue weighted by Gasteiger charge is 2.43. The van der Waals surface area contributed by atoms with E-state index in [0.29, 0.717) is 11.5 Å². The molecule has 0 radical (unpaired) electrons. The maximum atomic E-state index is 6.31. The second-order valence-corrected chi connectivity index (χ2v) is 7.53. The summed E-state index contributed by atoms with van der Waals surface area (Å²) in [5.74, 6) is 1.73. The van der Waals surface area contributed by atoms with Crippen molar-refractivity contribution in [2.75, 3.05) is 13.1 Å². The summed E-state index contributed by atoms with van der Waals surface area (Å²) in [6.45, 7) is 7.51. The minimum absolute atomic E-state index is 0.494. The lowest BCUT2D eigenvalue weighted by Gasteiger charge is -2.30. The number of fused-ring (bicyclic) bond motifs is 1. The van der Waals surface area contributed by atoms with Gasteiger partial charge in [0.1, 0.15) is 0 Å². The fourth-order valence-electron chi connectivity index (χ4n) is 4.56. The first-order valence-corrected chi connectivity index (χ1v) is 7.55. The average Bonchev–Trinajstić information content (AvgIpc) is 2.82. The molecule has 2 aliphatic carbocycles. The van der Waals surface area contributed by atoms with Gasteiger partial charge in [-0.1, -0.05) is 20.3 Å². The lowest BCUT2D eigenvalue weighted by molar-refractivity contribution is 0.215. The normalized spacial score (nSPS) is 46.1. The van der Waals surface area contributed by atoms with Crippen LogP contribution in [0.1, 0.15) is 52.4 Å². The molecule has 1 heterocycles. The molecule has 0 amide bonds. The lowest BCUT2D eigenvalue weighted by Crippen LogP contribution is -2.38. The van der Waals surface area contributed by atoms with Crippen LogP contribution in [0.25, 0.3) is 0 Å². The van der Waals surface area contributed by atoms with Gasteiger partial charge in [0.15, 0.2) is 0 Å². The van der Waals surface area contributed by atoms with E-state index in [4.69, 9.17) is 5.73 Å². The van der Waals surface area contributed by atoms with Crippen LogP contribution in [-0.2, 0) is 0 Å². The largest absolute Gasteiger partial charge is 0.327 e. The van der Waals surface area contributed by atoms with Gasteiger partial charge in [0.25, 0.3) is 0 Å². The zero-order valence-corrected chi connectivity index (χ0v) is 11.5. The van der Waals surface area contributed by atoms with Gasteiger partial charge in [-0.3, -0.25) is 4.90 Å². The predicted molar refractivity (Wildman–Crippen MR) is 71.8 cm³/mol. The van der Waals surface area contributed by atoms with Crippen molar-refractivity contribution in [3.8, 4) is 0 Å². The maximum absolute atomic E-state index is 6.31. The molecule has 3 rings (SSSR count). The highest BCUT2D eigenvalue weighted by atomic mass is 15.2. The fraction of sp³-hybridized carbons (Fsp3) is 1.00. The Morgan fingerprint density at radius 1 is 1.12 bits per heavy atom. The molecule has 2 heteroatoms. The first-order valence-electron chi connectivity index (χ1n) is 7.55. The molecule has 98 valence electrons. The number of nitrogens with two attached hydrogens (primary N) is 1. The topological polar surface area (TPSA) is 29.3 Å². The van der Waals surface area contributed by atoms with Crippen molar-refractivity contribution in [3.05, 3.63) is 0 Å². The van der Waals surface area contributed by atoms with Crippen molar-refractivity contribution in [1.82, 2.24) is 4.90 Å². The van der Waals surface area contributed by atoms with Gasteiger partial charge in [-0.2, -0.15) is 0 Å². The van der Waals surface area contributed by atoms with E-state index in [-0.39, 0.29) is 0 Å². The molecule has 0 aromatic rings. The summed E-state index contributed by atoms with van der Waals surface area (Å²) in [5.41, 5.74) is 6.89. The highest BCUT2D eigenvalue weighted by molar-refractivity contribution is 4.97. The SMILES string of the molecule is CC1(C)CCC(N2CC3CCCC(N)C3C2)C1. The van der Waals surface area contributed by atoms with Crippen molar-refractivity contribution in [2.45, 2.75) is 64.5 Å². The Hall–Kier alpha value is -0.0800. The molecule has 0 aromatic carbocycles. The van der Waals surface area contributed by atoms with Crippen LogP contribution >= 0.6 is 0 Å². The van der Waals surface area contributed by atoms with Gasteiger partial charge in [0.2, 0.25) is 0 Å². The van der Waals surface area contributed by atoms with E-state index in [0.717, 1.165) is 17.9 Å². The van der Waals surface area contributed by atoms with Crippen molar-refractivity contribution in [2.24, 2.45) is 23.0 Å². The standard InChI is InChI=1S/C15H28N2/c1-15(2)7-6-12(8-15)17-9-11-4-3-5-14(16)13(11)10-17/h11-14H,3-10,16H2,1-2H3. The second-order valence-electron chi connectivity index (χ2n) is 7.53. The molecule has 0 aromatic heterocycles. The molecule has 1 aliphatic heterocycles. The summed E-state index contributed by atoms with van der Waals surface area (Å²) >= 11 is 0. The summed E-state index contributed by atoms with van der Waals surface area (Å²) < 4.78 is 0. The third-order valence-corrected chi connectivity index (χ3v) is 5.64. The molecule has 0 bridgehead atoms. The number of likely N-dealkylation sites (tertiary alicyclic amines) is 1. The van der Waals surface area contributed by atoms with Gasteiger partial charge in [-0.05, 0) is 49.4 Å². The van der Waals surface area contributed by atoms with Crippen LogP contribution in [0.2, 0.25) is 0 Å². The van der Waals surface area contributed by atoms with Crippen LogP contribution in [0.4, 0.5) is 0 Å². The lowest BCUT2D eigenvalue weighted by atomic mass is 9.78. The molecule has 4 unspecified atom stereocenters. The van der Waals surface area contributed by atoms with Gasteiger partial charge in [-0.15, -0.1) is 0 Å². The van der Waals surface area contributed by atoms with Gasteiger partial charge < -0.3 is 5.73 Å². The first kappa shape index (κ1) is 12.0. The smallest absolute Gasteiger partial charge is 0.0101 e. The molecule has 2 nitrogen and oxygen atoms in total. The zero-order chi connectivity index (χ0) is 12.0. The van der Waals surface area contributed by atoms with Crippen molar-refractivity contribution in [3.63, 3.8) is 0 Å². The van der Waals surface area contributed by atoms with Crippen LogP contribution in [-0.4, -0.2) is 30.1 Å². The van der Waals surface area contributed by atoms with Crippen molar-refractivity contribution >= 4 is 0 Å². The van der Waals surface area contributed by atoms with E-state index in [1.165, 1.54) is 51.6 Å². The van der Waals surface area contributed by atoms with Crippen molar-refractivity contribution in [1.29, 1.82) is 0 Å². The molecule has 3 aliphatic rings. The van der Waals surface area contributed by atoms with Crippen LogP contribution in [0, 0.1) is 17.3 Å². The van der Waals surface area contributed by atoms with Gasteiger partial charge in [0, 0.05) is 25.2 Å². The Morgan fingerprint density at radius 2 is 1.94 bits per heavy atom. The molecular weight excluding hydrogens is 208 g/mol. The Kier molecular flexibility index (Phi) is 2.99. The Labute approximate surface area is 106 Å². The summed E-state index contributed by atoms with van der Waals surface area (Å²) in [7, 11) is 0.